The van der Waals surface area contributed by atoms with E-state index in [-0.39, 0.29) is 12.3 Å². The number of hydrogen-bond acceptors (Lipinski definition) is 3. The summed E-state index contributed by atoms with van der Waals surface area (Å²) in [6.07, 6.45) is 3.59. The molecule has 0 spiro atoms. The number of benzene rings is 1. The summed E-state index contributed by atoms with van der Waals surface area (Å²) in [6, 6.07) is 6.78. The number of guanidine groups is 1. The average Bonchev–Trinajstić information content (AvgIpc) is 2.66. The molecule has 27 heavy (non-hydrogen) atoms. The van der Waals surface area contributed by atoms with Gasteiger partial charge in [0.25, 0.3) is 0 Å². The highest BCUT2D eigenvalue weighted by molar-refractivity contribution is 5.79. The van der Waals surface area contributed by atoms with Crippen molar-refractivity contribution >= 4 is 5.96 Å². The van der Waals surface area contributed by atoms with Gasteiger partial charge in [0.1, 0.15) is 5.75 Å². The van der Waals surface area contributed by atoms with Crippen molar-refractivity contribution in [1.82, 2.24) is 15.5 Å². The van der Waals surface area contributed by atoms with E-state index in [2.05, 4.69) is 32.2 Å². The predicted molar refractivity (Wildman–Crippen MR) is 105 cm³/mol. The minimum atomic E-state index is -2.83. The molecule has 5 nitrogen and oxygen atoms in total. The maximum Gasteiger partial charge on any atom is 0.387 e. The molecule has 0 aliphatic carbocycles. The van der Waals surface area contributed by atoms with Gasteiger partial charge >= 0.3 is 6.61 Å². The van der Waals surface area contributed by atoms with Crippen molar-refractivity contribution in [2.24, 2.45) is 10.9 Å². The number of ether oxygens (including phenoxy) is 1. The quantitative estimate of drug-likeness (QED) is 0.507. The van der Waals surface area contributed by atoms with Crippen molar-refractivity contribution in [2.75, 3.05) is 32.7 Å². The molecular weight excluding hydrogens is 350 g/mol. The fourth-order valence-electron chi connectivity index (χ4n) is 3.32. The van der Waals surface area contributed by atoms with E-state index < -0.39 is 6.61 Å². The number of halogens is 2. The number of nitrogens with zero attached hydrogens (tertiary/aromatic N) is 2. The number of para-hydroxylation sites is 1. The Morgan fingerprint density at radius 2 is 1.96 bits per heavy atom. The van der Waals surface area contributed by atoms with Gasteiger partial charge in [-0.3, -0.25) is 0 Å². The first-order chi connectivity index (χ1) is 13.1. The first-order valence-corrected chi connectivity index (χ1v) is 9.89. The summed E-state index contributed by atoms with van der Waals surface area (Å²) in [7, 11) is 0. The third kappa shape index (κ3) is 7.71. The summed E-state index contributed by atoms with van der Waals surface area (Å²) in [6.45, 7) is 6.80. The lowest BCUT2D eigenvalue weighted by Crippen LogP contribution is -2.43. The monoisotopic (exact) mass is 382 g/mol. The van der Waals surface area contributed by atoms with Crippen LogP contribution >= 0.6 is 0 Å². The van der Waals surface area contributed by atoms with Crippen molar-refractivity contribution in [3.05, 3.63) is 29.8 Å². The average molecular weight is 382 g/mol. The van der Waals surface area contributed by atoms with E-state index in [9.17, 15) is 8.78 Å². The molecule has 0 bridgehead atoms. The molecule has 1 heterocycles. The number of likely N-dealkylation sites (tertiary alicyclic amines) is 1. The van der Waals surface area contributed by atoms with Crippen LogP contribution in [-0.4, -0.2) is 50.2 Å². The SMILES string of the molecule is CCCN1CCC(CNC(=NCc2ccccc2OC(F)F)NCC)CC1. The molecule has 0 amide bonds. The molecule has 2 rings (SSSR count). The maximum atomic E-state index is 12.5. The zero-order valence-electron chi connectivity index (χ0n) is 16.4. The highest BCUT2D eigenvalue weighted by Gasteiger charge is 2.18. The molecule has 2 N–H and O–H groups in total. The predicted octanol–water partition coefficient (Wildman–Crippen LogP) is 3.47. The number of piperidine rings is 1. The summed E-state index contributed by atoms with van der Waals surface area (Å²) < 4.78 is 29.6. The first kappa shape index (κ1) is 21.4. The molecule has 0 radical (unpaired) electrons. The van der Waals surface area contributed by atoms with Crippen molar-refractivity contribution in [2.45, 2.75) is 46.3 Å². The van der Waals surface area contributed by atoms with E-state index in [1.165, 1.54) is 25.8 Å². The van der Waals surface area contributed by atoms with Crippen LogP contribution in [0.1, 0.15) is 38.7 Å². The van der Waals surface area contributed by atoms with Crippen LogP contribution in [0.5, 0.6) is 5.75 Å². The summed E-state index contributed by atoms with van der Waals surface area (Å²) in [5.74, 6) is 1.52. The number of hydrogen-bond donors (Lipinski definition) is 2. The fraction of sp³-hybridized carbons (Fsp3) is 0.650. The Hall–Kier alpha value is -1.89. The Bertz CT molecular complexity index is 575. The summed E-state index contributed by atoms with van der Waals surface area (Å²) in [4.78, 5) is 7.06. The molecular formula is C20H32F2N4O. The van der Waals surface area contributed by atoms with Crippen LogP contribution in [0.4, 0.5) is 8.78 Å². The second-order valence-electron chi connectivity index (χ2n) is 6.85. The van der Waals surface area contributed by atoms with Crippen molar-refractivity contribution in [3.8, 4) is 5.75 Å². The zero-order valence-corrected chi connectivity index (χ0v) is 16.4. The van der Waals surface area contributed by atoms with E-state index in [0.717, 1.165) is 26.2 Å². The number of nitrogens with one attached hydrogen (secondary N) is 2. The molecule has 7 heteroatoms. The van der Waals surface area contributed by atoms with Crippen LogP contribution in [0, 0.1) is 5.92 Å². The lowest BCUT2D eigenvalue weighted by atomic mass is 9.97. The van der Waals surface area contributed by atoms with Crippen LogP contribution < -0.4 is 15.4 Å². The van der Waals surface area contributed by atoms with Gasteiger partial charge in [0.15, 0.2) is 5.96 Å². The Kier molecular flexibility index (Phi) is 9.31. The van der Waals surface area contributed by atoms with Crippen LogP contribution in [0.25, 0.3) is 0 Å². The second kappa shape index (κ2) is 11.7. The molecule has 1 saturated heterocycles. The van der Waals surface area contributed by atoms with Gasteiger partial charge in [0.2, 0.25) is 0 Å². The Labute approximate surface area is 161 Å². The van der Waals surface area contributed by atoms with Gasteiger partial charge in [0.05, 0.1) is 6.54 Å². The molecule has 0 unspecified atom stereocenters. The van der Waals surface area contributed by atoms with Crippen molar-refractivity contribution in [3.63, 3.8) is 0 Å². The smallest absolute Gasteiger partial charge is 0.387 e. The first-order valence-electron chi connectivity index (χ1n) is 9.89. The Balaban J connectivity index is 1.88. The number of aliphatic imine (C=N–C) groups is 1. The topological polar surface area (TPSA) is 48.9 Å². The zero-order chi connectivity index (χ0) is 19.5. The normalized spacial score (nSPS) is 16.6. The molecule has 1 aromatic rings. The van der Waals surface area contributed by atoms with Crippen LogP contribution in [-0.2, 0) is 6.54 Å². The largest absolute Gasteiger partial charge is 0.434 e. The molecule has 0 atom stereocenters. The van der Waals surface area contributed by atoms with Crippen molar-refractivity contribution < 1.29 is 13.5 Å². The molecule has 0 aromatic heterocycles. The molecule has 1 aliphatic heterocycles. The summed E-state index contributed by atoms with van der Waals surface area (Å²) in [5, 5.41) is 6.62. The minimum absolute atomic E-state index is 0.176. The standard InChI is InChI=1S/C20H32F2N4O/c1-3-11-26-12-9-16(10-13-26)14-24-20(23-4-2)25-15-17-7-5-6-8-18(17)27-19(21)22/h5-8,16,19H,3-4,9-15H2,1-2H3,(H2,23,24,25). The van der Waals surface area contributed by atoms with Gasteiger partial charge in [-0.05, 0) is 57.8 Å². The molecule has 1 aliphatic rings. The molecule has 0 saturated carbocycles. The van der Waals surface area contributed by atoms with Crippen molar-refractivity contribution in [1.29, 1.82) is 0 Å². The Morgan fingerprint density at radius 3 is 2.63 bits per heavy atom. The molecule has 152 valence electrons. The highest BCUT2D eigenvalue weighted by atomic mass is 19.3. The van der Waals surface area contributed by atoms with Crippen LogP contribution in [0.2, 0.25) is 0 Å². The minimum Gasteiger partial charge on any atom is -0.434 e. The van der Waals surface area contributed by atoms with E-state index >= 15 is 0 Å². The van der Waals surface area contributed by atoms with E-state index in [4.69, 9.17) is 0 Å². The van der Waals surface area contributed by atoms with Gasteiger partial charge in [-0.15, -0.1) is 0 Å². The van der Waals surface area contributed by atoms with Gasteiger partial charge in [0, 0.05) is 18.7 Å². The van der Waals surface area contributed by atoms with E-state index in [1.54, 1.807) is 24.3 Å². The second-order valence-corrected chi connectivity index (χ2v) is 6.85. The van der Waals surface area contributed by atoms with Gasteiger partial charge < -0.3 is 20.3 Å². The lowest BCUT2D eigenvalue weighted by Gasteiger charge is -2.32. The highest BCUT2D eigenvalue weighted by Crippen LogP contribution is 2.21. The fourth-order valence-corrected chi connectivity index (χ4v) is 3.32. The Morgan fingerprint density at radius 1 is 1.22 bits per heavy atom. The van der Waals surface area contributed by atoms with E-state index in [0.29, 0.717) is 17.4 Å². The third-order valence-electron chi connectivity index (χ3n) is 4.75. The van der Waals surface area contributed by atoms with Crippen LogP contribution in [0.15, 0.2) is 29.3 Å². The summed E-state index contributed by atoms with van der Waals surface area (Å²) in [5.41, 5.74) is 0.642. The van der Waals surface area contributed by atoms with E-state index in [1.807, 2.05) is 6.92 Å². The number of rotatable bonds is 9. The van der Waals surface area contributed by atoms with Crippen LogP contribution in [0.3, 0.4) is 0 Å². The summed E-state index contributed by atoms with van der Waals surface area (Å²) >= 11 is 0. The lowest BCUT2D eigenvalue weighted by molar-refractivity contribution is -0.0504. The van der Waals surface area contributed by atoms with Gasteiger partial charge in [-0.25, -0.2) is 4.99 Å². The molecule has 1 fully saturated rings. The third-order valence-corrected chi connectivity index (χ3v) is 4.75. The van der Waals surface area contributed by atoms with Gasteiger partial charge in [-0.1, -0.05) is 25.1 Å². The molecule has 1 aromatic carbocycles. The van der Waals surface area contributed by atoms with Gasteiger partial charge in [-0.2, -0.15) is 8.78 Å². The maximum absolute atomic E-state index is 12.5. The number of alkyl halides is 2.